The second-order valence-corrected chi connectivity index (χ2v) is 9.12. The van der Waals surface area contributed by atoms with Crippen molar-refractivity contribution in [1.29, 1.82) is 0 Å². The number of carboxylic acid groups (broad SMARTS) is 1. The maximum atomic E-state index is 12.8. The number of carbonyl (C=O) groups is 3. The number of likely N-dealkylation sites (tertiary alicyclic amines) is 2. The summed E-state index contributed by atoms with van der Waals surface area (Å²) in [5.74, 6) is 1.48. The number of piperidine rings is 1. The molecule has 2 amide bonds. The van der Waals surface area contributed by atoms with E-state index < -0.39 is 0 Å². The van der Waals surface area contributed by atoms with Gasteiger partial charge in [0.25, 0.3) is 12.4 Å². The molecule has 0 atom stereocenters. The van der Waals surface area contributed by atoms with Gasteiger partial charge >= 0.3 is 0 Å². The normalized spacial score (nSPS) is 20.8. The van der Waals surface area contributed by atoms with Crippen LogP contribution in [0.2, 0.25) is 0 Å². The molecule has 1 saturated carbocycles. The Bertz CT molecular complexity index is 728. The topological polar surface area (TPSA) is 103 Å². The molecule has 2 N–H and O–H groups in total. The largest absolute Gasteiger partial charge is 0.483 e. The Hall–Kier alpha value is -2.35. The van der Waals surface area contributed by atoms with E-state index >= 15 is 0 Å². The highest BCUT2D eigenvalue weighted by Gasteiger charge is 2.30. The average Bonchev–Trinajstić information content (AvgIpc) is 3.42. The molecule has 3 aliphatic rings. The molecule has 2 aliphatic heterocycles. The molecule has 1 aliphatic carbocycles. The monoisotopic (exact) mass is 447 g/mol. The SMILES string of the molecule is O=C(NC1CCCCCC1)C1CCN(C(=O)c2ccc(CN3CCCC3)o2)CC1.O=CO. The Labute approximate surface area is 190 Å². The number of hydrogen-bond donors (Lipinski definition) is 2. The average molecular weight is 448 g/mol. The Morgan fingerprint density at radius 2 is 1.59 bits per heavy atom. The zero-order valence-corrected chi connectivity index (χ0v) is 19.0. The molecular formula is C24H37N3O5. The first-order chi connectivity index (χ1) is 15.6. The highest BCUT2D eigenvalue weighted by Crippen LogP contribution is 2.23. The third-order valence-corrected chi connectivity index (χ3v) is 6.81. The van der Waals surface area contributed by atoms with Crippen molar-refractivity contribution in [2.24, 2.45) is 5.92 Å². The summed E-state index contributed by atoms with van der Waals surface area (Å²) in [7, 11) is 0. The predicted molar refractivity (Wildman–Crippen MR) is 120 cm³/mol. The summed E-state index contributed by atoms with van der Waals surface area (Å²) in [6.45, 7) is 4.02. The molecule has 178 valence electrons. The number of carbonyl (C=O) groups excluding carboxylic acids is 2. The standard InChI is InChI=1S/C23H35N3O3.CH2O2/c27-22(24-19-7-3-1-2-4-8-19)18-11-15-26(16-12-18)23(28)21-10-9-20(29-21)17-25-13-5-6-14-25;2-1-3/h9-10,18-19H,1-8,11-17H2,(H,24,27);1H,(H,2,3). The van der Waals surface area contributed by atoms with E-state index in [0.717, 1.165) is 51.1 Å². The highest BCUT2D eigenvalue weighted by molar-refractivity contribution is 5.91. The fraction of sp³-hybridized carbons (Fsp3) is 0.708. The fourth-order valence-electron chi connectivity index (χ4n) is 4.98. The van der Waals surface area contributed by atoms with Crippen molar-refractivity contribution in [1.82, 2.24) is 15.1 Å². The number of rotatable bonds is 5. The van der Waals surface area contributed by atoms with Gasteiger partial charge < -0.3 is 19.7 Å². The smallest absolute Gasteiger partial charge is 0.290 e. The van der Waals surface area contributed by atoms with Crippen LogP contribution in [-0.2, 0) is 16.1 Å². The molecule has 0 spiro atoms. The molecule has 3 heterocycles. The van der Waals surface area contributed by atoms with Gasteiger partial charge in [-0.25, -0.2) is 0 Å². The van der Waals surface area contributed by atoms with E-state index in [4.69, 9.17) is 14.3 Å². The molecule has 1 aromatic rings. The number of amides is 2. The first-order valence-corrected chi connectivity index (χ1v) is 12.1. The van der Waals surface area contributed by atoms with E-state index in [-0.39, 0.29) is 24.2 Å². The van der Waals surface area contributed by atoms with Gasteiger partial charge in [-0.2, -0.15) is 0 Å². The van der Waals surface area contributed by atoms with Crippen molar-refractivity contribution < 1.29 is 23.9 Å². The second-order valence-electron chi connectivity index (χ2n) is 9.12. The lowest BCUT2D eigenvalue weighted by atomic mass is 9.95. The molecule has 0 aromatic carbocycles. The van der Waals surface area contributed by atoms with Gasteiger partial charge in [0.1, 0.15) is 5.76 Å². The highest BCUT2D eigenvalue weighted by atomic mass is 16.4. The molecule has 0 unspecified atom stereocenters. The van der Waals surface area contributed by atoms with Crippen LogP contribution in [0.3, 0.4) is 0 Å². The molecule has 8 nitrogen and oxygen atoms in total. The minimum Gasteiger partial charge on any atom is -0.483 e. The lowest BCUT2D eigenvalue weighted by molar-refractivity contribution is -0.127. The zero-order chi connectivity index (χ0) is 22.8. The van der Waals surface area contributed by atoms with Crippen LogP contribution in [0.25, 0.3) is 0 Å². The fourth-order valence-corrected chi connectivity index (χ4v) is 4.98. The Balaban J connectivity index is 0.000000913. The lowest BCUT2D eigenvalue weighted by Crippen LogP contribution is -2.45. The van der Waals surface area contributed by atoms with E-state index in [1.165, 1.54) is 38.5 Å². The van der Waals surface area contributed by atoms with E-state index in [2.05, 4.69) is 10.2 Å². The quantitative estimate of drug-likeness (QED) is 0.530. The van der Waals surface area contributed by atoms with Crippen molar-refractivity contribution >= 4 is 18.3 Å². The Morgan fingerprint density at radius 3 is 2.22 bits per heavy atom. The molecule has 1 aromatic heterocycles. The van der Waals surface area contributed by atoms with Crippen molar-refractivity contribution in [3.63, 3.8) is 0 Å². The van der Waals surface area contributed by atoms with Crippen LogP contribution in [-0.4, -0.2) is 65.4 Å². The van der Waals surface area contributed by atoms with Gasteiger partial charge in [-0.05, 0) is 63.7 Å². The molecule has 4 rings (SSSR count). The molecule has 0 bridgehead atoms. The van der Waals surface area contributed by atoms with Gasteiger partial charge in [0.05, 0.1) is 6.54 Å². The van der Waals surface area contributed by atoms with Crippen LogP contribution in [0, 0.1) is 5.92 Å². The number of nitrogens with one attached hydrogen (secondary N) is 1. The summed E-state index contributed by atoms with van der Waals surface area (Å²) in [5.41, 5.74) is 0. The summed E-state index contributed by atoms with van der Waals surface area (Å²) >= 11 is 0. The van der Waals surface area contributed by atoms with Crippen molar-refractivity contribution in [3.05, 3.63) is 23.7 Å². The maximum absolute atomic E-state index is 12.8. The summed E-state index contributed by atoms with van der Waals surface area (Å²) in [6.07, 6.45) is 11.2. The van der Waals surface area contributed by atoms with Crippen molar-refractivity contribution in [2.75, 3.05) is 26.2 Å². The number of nitrogens with zero attached hydrogens (tertiary/aromatic N) is 2. The van der Waals surface area contributed by atoms with Gasteiger partial charge in [-0.15, -0.1) is 0 Å². The molecule has 3 fully saturated rings. The van der Waals surface area contributed by atoms with Crippen molar-refractivity contribution in [3.8, 4) is 0 Å². The van der Waals surface area contributed by atoms with Crippen LogP contribution in [0.5, 0.6) is 0 Å². The Morgan fingerprint density at radius 1 is 0.969 bits per heavy atom. The third kappa shape index (κ3) is 7.08. The van der Waals surface area contributed by atoms with E-state index in [1.807, 2.05) is 11.0 Å². The van der Waals surface area contributed by atoms with Gasteiger partial charge in [-0.1, -0.05) is 25.7 Å². The molecule has 32 heavy (non-hydrogen) atoms. The molecule has 8 heteroatoms. The van der Waals surface area contributed by atoms with Gasteiger partial charge in [-0.3, -0.25) is 19.3 Å². The van der Waals surface area contributed by atoms with Crippen LogP contribution in [0.1, 0.15) is 80.5 Å². The van der Waals surface area contributed by atoms with E-state index in [0.29, 0.717) is 24.9 Å². The van der Waals surface area contributed by atoms with Crippen LogP contribution in [0.15, 0.2) is 16.5 Å². The first-order valence-electron chi connectivity index (χ1n) is 12.1. The van der Waals surface area contributed by atoms with E-state index in [9.17, 15) is 9.59 Å². The van der Waals surface area contributed by atoms with Crippen LogP contribution < -0.4 is 5.32 Å². The second kappa shape index (κ2) is 12.6. The van der Waals surface area contributed by atoms with Crippen LogP contribution in [0.4, 0.5) is 0 Å². The number of furan rings is 1. The summed E-state index contributed by atoms with van der Waals surface area (Å²) in [4.78, 5) is 38.0. The number of hydrogen-bond acceptors (Lipinski definition) is 5. The predicted octanol–water partition coefficient (Wildman–Crippen LogP) is 3.27. The van der Waals surface area contributed by atoms with Crippen molar-refractivity contribution in [2.45, 2.75) is 76.8 Å². The van der Waals surface area contributed by atoms with Crippen LogP contribution >= 0.6 is 0 Å². The minimum atomic E-state index is -0.250. The zero-order valence-electron chi connectivity index (χ0n) is 19.0. The first kappa shape index (κ1) is 24.3. The van der Waals surface area contributed by atoms with Gasteiger partial charge in [0.2, 0.25) is 5.91 Å². The minimum absolute atomic E-state index is 0.0321. The Kier molecular flexibility index (Phi) is 9.59. The summed E-state index contributed by atoms with van der Waals surface area (Å²) in [6, 6.07) is 4.08. The van der Waals surface area contributed by atoms with Gasteiger partial charge in [0.15, 0.2) is 5.76 Å². The summed E-state index contributed by atoms with van der Waals surface area (Å²) < 4.78 is 5.84. The molecule has 2 saturated heterocycles. The van der Waals surface area contributed by atoms with Gasteiger partial charge in [0, 0.05) is 25.0 Å². The maximum Gasteiger partial charge on any atom is 0.290 e. The summed E-state index contributed by atoms with van der Waals surface area (Å²) in [5, 5.41) is 10.2. The van der Waals surface area contributed by atoms with E-state index in [1.54, 1.807) is 6.07 Å². The lowest BCUT2D eigenvalue weighted by Gasteiger charge is -2.31. The molecular weight excluding hydrogens is 410 g/mol. The molecule has 0 radical (unpaired) electrons. The third-order valence-electron chi connectivity index (χ3n) is 6.81.